The number of ether oxygens (including phenoxy) is 1. The number of aromatic nitrogens is 2. The molecule has 1 saturated carbocycles. The summed E-state index contributed by atoms with van der Waals surface area (Å²) in [4.78, 5) is 11.7. The van der Waals surface area contributed by atoms with Crippen molar-refractivity contribution in [2.75, 3.05) is 13.4 Å². The first kappa shape index (κ1) is 20.3. The van der Waals surface area contributed by atoms with Crippen molar-refractivity contribution in [2.24, 2.45) is 5.92 Å². The molecule has 0 aliphatic heterocycles. The van der Waals surface area contributed by atoms with Gasteiger partial charge in [0.05, 0.1) is 23.4 Å². The van der Waals surface area contributed by atoms with Gasteiger partial charge in [0.15, 0.2) is 9.84 Å². The summed E-state index contributed by atoms with van der Waals surface area (Å²) in [5, 5.41) is 4.66. The van der Waals surface area contributed by atoms with Gasteiger partial charge in [-0.3, -0.25) is 4.68 Å². The van der Waals surface area contributed by atoms with Gasteiger partial charge in [0.1, 0.15) is 0 Å². The van der Waals surface area contributed by atoms with Crippen molar-refractivity contribution < 1.29 is 17.9 Å². The SMILES string of the molecule is COC(=O)C=Cc1cc(-c2ccc(S(C)(=O)=O)cc2)n(CC2CCCCC2)n1. The summed E-state index contributed by atoms with van der Waals surface area (Å²) in [6, 6.07) is 8.76. The van der Waals surface area contributed by atoms with E-state index in [0.717, 1.165) is 17.8 Å². The van der Waals surface area contributed by atoms with Crippen LogP contribution in [0.4, 0.5) is 0 Å². The average Bonchev–Trinajstić information content (AvgIpc) is 3.09. The Morgan fingerprint density at radius 3 is 2.50 bits per heavy atom. The molecule has 0 bridgehead atoms. The number of hydrogen-bond acceptors (Lipinski definition) is 5. The molecular formula is C21H26N2O4S. The third-order valence-electron chi connectivity index (χ3n) is 5.12. The van der Waals surface area contributed by atoms with E-state index in [1.807, 2.05) is 10.7 Å². The molecule has 3 rings (SSSR count). The maximum atomic E-state index is 11.7. The van der Waals surface area contributed by atoms with E-state index < -0.39 is 15.8 Å². The Hall–Kier alpha value is -2.41. The predicted molar refractivity (Wildman–Crippen MR) is 108 cm³/mol. The maximum absolute atomic E-state index is 11.7. The van der Waals surface area contributed by atoms with Crippen LogP contribution >= 0.6 is 0 Å². The second-order valence-corrected chi connectivity index (χ2v) is 9.31. The van der Waals surface area contributed by atoms with Crippen molar-refractivity contribution in [3.8, 4) is 11.3 Å². The molecule has 0 atom stereocenters. The molecule has 1 aromatic heterocycles. The van der Waals surface area contributed by atoms with E-state index in [1.165, 1.54) is 51.5 Å². The third kappa shape index (κ3) is 5.10. The second kappa shape index (κ2) is 8.73. The van der Waals surface area contributed by atoms with Gasteiger partial charge in [-0.15, -0.1) is 0 Å². The van der Waals surface area contributed by atoms with Crippen LogP contribution in [0.2, 0.25) is 0 Å². The minimum Gasteiger partial charge on any atom is -0.466 e. The average molecular weight is 403 g/mol. The highest BCUT2D eigenvalue weighted by Crippen LogP contribution is 2.28. The third-order valence-corrected chi connectivity index (χ3v) is 6.25. The van der Waals surface area contributed by atoms with Crippen LogP contribution in [0, 0.1) is 5.92 Å². The van der Waals surface area contributed by atoms with Gasteiger partial charge in [0.25, 0.3) is 0 Å². The molecule has 6 nitrogen and oxygen atoms in total. The standard InChI is InChI=1S/C21H26N2O4S/c1-27-21(24)13-10-18-14-20(17-8-11-19(12-9-17)28(2,25)26)23(22-18)15-16-6-4-3-5-7-16/h8-14,16H,3-7,15H2,1-2H3. The molecule has 2 aromatic rings. The minimum atomic E-state index is -3.24. The Bertz CT molecular complexity index is 953. The van der Waals surface area contributed by atoms with Crippen LogP contribution in [0.1, 0.15) is 37.8 Å². The molecule has 1 fully saturated rings. The summed E-state index contributed by atoms with van der Waals surface area (Å²) in [5.74, 6) is 0.154. The van der Waals surface area contributed by atoms with Crippen molar-refractivity contribution in [1.82, 2.24) is 9.78 Å². The summed E-state index contributed by atoms with van der Waals surface area (Å²) in [6.45, 7) is 0.815. The van der Waals surface area contributed by atoms with Crippen molar-refractivity contribution in [1.29, 1.82) is 0 Å². The summed E-state index contributed by atoms with van der Waals surface area (Å²) in [7, 11) is -1.90. The van der Waals surface area contributed by atoms with E-state index in [-0.39, 0.29) is 0 Å². The Balaban J connectivity index is 1.93. The number of carbonyl (C=O) groups is 1. The fourth-order valence-electron chi connectivity index (χ4n) is 3.60. The van der Waals surface area contributed by atoms with E-state index in [4.69, 9.17) is 0 Å². The monoisotopic (exact) mass is 402 g/mol. The second-order valence-electron chi connectivity index (χ2n) is 7.29. The lowest BCUT2D eigenvalue weighted by Gasteiger charge is -2.22. The zero-order chi connectivity index (χ0) is 20.1. The molecule has 0 saturated heterocycles. The number of benzene rings is 1. The quantitative estimate of drug-likeness (QED) is 0.544. The molecule has 0 spiro atoms. The summed E-state index contributed by atoms with van der Waals surface area (Å²) >= 11 is 0. The number of hydrogen-bond donors (Lipinski definition) is 0. The van der Waals surface area contributed by atoms with Crippen molar-refractivity contribution in [3.63, 3.8) is 0 Å². The van der Waals surface area contributed by atoms with Crippen LogP contribution in [-0.4, -0.2) is 37.5 Å². The van der Waals surface area contributed by atoms with E-state index in [2.05, 4.69) is 9.84 Å². The van der Waals surface area contributed by atoms with E-state index in [1.54, 1.807) is 30.3 Å². The summed E-state index contributed by atoms with van der Waals surface area (Å²) in [5.41, 5.74) is 2.48. The van der Waals surface area contributed by atoms with Crippen molar-refractivity contribution in [3.05, 3.63) is 42.1 Å². The highest BCUT2D eigenvalue weighted by molar-refractivity contribution is 7.90. The van der Waals surface area contributed by atoms with Crippen LogP contribution in [-0.2, 0) is 25.9 Å². The number of sulfone groups is 1. The minimum absolute atomic E-state index is 0.292. The Morgan fingerprint density at radius 2 is 1.89 bits per heavy atom. The number of esters is 1. The first-order valence-corrected chi connectivity index (χ1v) is 11.4. The Labute approximate surface area is 166 Å². The lowest BCUT2D eigenvalue weighted by Crippen LogP contribution is -2.15. The number of rotatable bonds is 6. The molecule has 1 heterocycles. The van der Waals surface area contributed by atoms with Crippen molar-refractivity contribution in [2.45, 2.75) is 43.5 Å². The largest absolute Gasteiger partial charge is 0.466 e. The van der Waals surface area contributed by atoms with E-state index >= 15 is 0 Å². The van der Waals surface area contributed by atoms with E-state index in [9.17, 15) is 13.2 Å². The van der Waals surface area contributed by atoms with Crippen LogP contribution in [0.3, 0.4) is 0 Å². The van der Waals surface area contributed by atoms with Gasteiger partial charge < -0.3 is 4.74 Å². The Morgan fingerprint density at radius 1 is 1.21 bits per heavy atom. The molecule has 7 heteroatoms. The first-order valence-electron chi connectivity index (χ1n) is 9.51. The predicted octanol–water partition coefficient (Wildman–Crippen LogP) is 3.72. The topological polar surface area (TPSA) is 78.3 Å². The molecule has 1 aromatic carbocycles. The van der Waals surface area contributed by atoms with Crippen LogP contribution in [0.25, 0.3) is 17.3 Å². The zero-order valence-corrected chi connectivity index (χ0v) is 17.1. The molecule has 0 N–H and O–H groups in total. The molecule has 150 valence electrons. The van der Waals surface area contributed by atoms with Crippen LogP contribution in [0.15, 0.2) is 41.3 Å². The van der Waals surface area contributed by atoms with Crippen LogP contribution in [0.5, 0.6) is 0 Å². The highest BCUT2D eigenvalue weighted by Gasteiger charge is 2.18. The molecule has 1 aliphatic rings. The van der Waals surface area contributed by atoms with Gasteiger partial charge in [-0.25, -0.2) is 13.2 Å². The first-order chi connectivity index (χ1) is 13.4. The summed E-state index contributed by atoms with van der Waals surface area (Å²) in [6.07, 6.45) is 10.4. The molecule has 1 aliphatic carbocycles. The Kier molecular flexibility index (Phi) is 6.34. The smallest absolute Gasteiger partial charge is 0.330 e. The molecule has 0 unspecified atom stereocenters. The molecule has 0 radical (unpaired) electrons. The summed E-state index contributed by atoms with van der Waals surface area (Å²) < 4.78 is 30.1. The highest BCUT2D eigenvalue weighted by atomic mass is 32.2. The van der Waals surface area contributed by atoms with Gasteiger partial charge in [-0.2, -0.15) is 5.10 Å². The van der Waals surface area contributed by atoms with Gasteiger partial charge in [-0.05, 0) is 48.6 Å². The molecular weight excluding hydrogens is 376 g/mol. The number of carbonyl (C=O) groups excluding carboxylic acids is 1. The molecule has 28 heavy (non-hydrogen) atoms. The van der Waals surface area contributed by atoms with Gasteiger partial charge >= 0.3 is 5.97 Å². The van der Waals surface area contributed by atoms with Gasteiger partial charge in [-0.1, -0.05) is 31.4 Å². The lowest BCUT2D eigenvalue weighted by atomic mass is 9.89. The fraction of sp³-hybridized carbons (Fsp3) is 0.429. The normalized spacial score (nSPS) is 15.8. The molecule has 0 amide bonds. The number of nitrogens with zero attached hydrogens (tertiary/aromatic N) is 2. The van der Waals surface area contributed by atoms with Crippen molar-refractivity contribution >= 4 is 21.9 Å². The van der Waals surface area contributed by atoms with Gasteiger partial charge in [0.2, 0.25) is 0 Å². The zero-order valence-electron chi connectivity index (χ0n) is 16.3. The lowest BCUT2D eigenvalue weighted by molar-refractivity contribution is -0.134. The van der Waals surface area contributed by atoms with E-state index in [0.29, 0.717) is 16.5 Å². The van der Waals surface area contributed by atoms with Gasteiger partial charge in [0, 0.05) is 18.9 Å². The van der Waals surface area contributed by atoms with Crippen LogP contribution < -0.4 is 0 Å². The maximum Gasteiger partial charge on any atom is 0.330 e. The number of methoxy groups -OCH3 is 1. The fourth-order valence-corrected chi connectivity index (χ4v) is 4.23.